The fraction of sp³-hybridized carbons (Fsp3) is 0.120. The quantitative estimate of drug-likeness (QED) is 0.136. The van der Waals surface area contributed by atoms with Crippen LogP contribution in [0.1, 0.15) is 21.5 Å². The molecular weight excluding hydrogens is 531 g/mol. The number of amides is 1. The maximum atomic E-state index is 13.0. The number of hydrogen-bond acceptors (Lipinski definition) is 7. The van der Waals surface area contributed by atoms with E-state index in [1.54, 1.807) is 12.1 Å². The molecule has 0 spiro atoms. The Labute approximate surface area is 219 Å². The topological polar surface area (TPSA) is 112 Å². The number of nitrogens with one attached hydrogen (secondary N) is 1. The molecule has 0 unspecified atom stereocenters. The Balaban J connectivity index is 1.82. The Hall–Kier alpha value is -4.58. The van der Waals surface area contributed by atoms with E-state index in [2.05, 4.69) is 17.1 Å². The van der Waals surface area contributed by atoms with Gasteiger partial charge in [0.15, 0.2) is 11.5 Å². The Bertz CT molecular complexity index is 1400. The molecule has 0 atom stereocenters. The van der Waals surface area contributed by atoms with Crippen molar-refractivity contribution >= 4 is 29.4 Å². The average Bonchev–Trinajstić information content (AvgIpc) is 2.88. The highest BCUT2D eigenvalue weighted by Crippen LogP contribution is 2.38. The SMILES string of the molecule is C=CCOc1ccc(C(=O)N/N=C/c2cc(Cl)ccc2Oc2ccc(C(F)(F)F)cc2[N+](=O)[O-])cc1OC. The lowest BCUT2D eigenvalue weighted by Gasteiger charge is -2.12. The van der Waals surface area contributed by atoms with E-state index in [1.807, 2.05) is 0 Å². The lowest BCUT2D eigenvalue weighted by Crippen LogP contribution is -2.17. The van der Waals surface area contributed by atoms with Crippen LogP contribution in [-0.2, 0) is 6.18 Å². The molecule has 1 N–H and O–H groups in total. The third-order valence-electron chi connectivity index (χ3n) is 4.83. The van der Waals surface area contributed by atoms with Crippen molar-refractivity contribution in [1.29, 1.82) is 0 Å². The molecule has 0 saturated carbocycles. The Kier molecular flexibility index (Phi) is 8.92. The normalized spacial score (nSPS) is 11.2. The Morgan fingerprint density at radius 3 is 2.47 bits per heavy atom. The zero-order valence-corrected chi connectivity index (χ0v) is 20.4. The highest BCUT2D eigenvalue weighted by molar-refractivity contribution is 6.30. The molecule has 0 fully saturated rings. The first kappa shape index (κ1) is 28.0. The molecule has 0 heterocycles. The van der Waals surface area contributed by atoms with E-state index in [9.17, 15) is 28.1 Å². The van der Waals surface area contributed by atoms with Gasteiger partial charge in [-0.05, 0) is 48.5 Å². The number of benzene rings is 3. The molecule has 0 aliphatic heterocycles. The molecule has 0 radical (unpaired) electrons. The van der Waals surface area contributed by atoms with E-state index < -0.39 is 34.0 Å². The van der Waals surface area contributed by atoms with Crippen molar-refractivity contribution in [3.8, 4) is 23.0 Å². The molecule has 198 valence electrons. The maximum Gasteiger partial charge on any atom is 0.416 e. The van der Waals surface area contributed by atoms with E-state index in [1.165, 1.54) is 37.4 Å². The summed E-state index contributed by atoms with van der Waals surface area (Å²) in [7, 11) is 1.41. The third-order valence-corrected chi connectivity index (χ3v) is 5.06. The standard InChI is InChI=1S/C25H19ClF3N3O6/c1-3-10-37-22-7-4-15(12-23(22)36-2)24(33)31-30-14-16-11-18(26)6-9-20(16)38-21-8-5-17(25(27,28)29)13-19(21)32(34)35/h3-9,11-14H,1,10H2,2H3,(H,31,33)/b30-14+. The number of hydrogen-bond donors (Lipinski definition) is 1. The van der Waals surface area contributed by atoms with E-state index in [0.29, 0.717) is 23.6 Å². The molecule has 0 bridgehead atoms. The summed E-state index contributed by atoms with van der Waals surface area (Å²) in [5.41, 5.74) is 0.604. The molecule has 3 aromatic rings. The summed E-state index contributed by atoms with van der Waals surface area (Å²) in [6.45, 7) is 3.80. The van der Waals surface area contributed by atoms with Gasteiger partial charge in [-0.1, -0.05) is 24.3 Å². The summed E-state index contributed by atoms with van der Waals surface area (Å²) < 4.78 is 55.2. The van der Waals surface area contributed by atoms with Crippen LogP contribution >= 0.6 is 11.6 Å². The summed E-state index contributed by atoms with van der Waals surface area (Å²) in [6, 6.07) is 10.5. The molecular formula is C25H19ClF3N3O6. The zero-order valence-electron chi connectivity index (χ0n) is 19.6. The third kappa shape index (κ3) is 7.01. The van der Waals surface area contributed by atoms with Gasteiger partial charge in [-0.3, -0.25) is 14.9 Å². The number of nitrogens with zero attached hydrogens (tertiary/aromatic N) is 2. The second-order valence-electron chi connectivity index (χ2n) is 7.39. The lowest BCUT2D eigenvalue weighted by molar-refractivity contribution is -0.385. The Morgan fingerprint density at radius 1 is 1.11 bits per heavy atom. The van der Waals surface area contributed by atoms with Crippen molar-refractivity contribution in [3.63, 3.8) is 0 Å². The maximum absolute atomic E-state index is 13.0. The second kappa shape index (κ2) is 12.1. The first-order valence-corrected chi connectivity index (χ1v) is 11.0. The van der Waals surface area contributed by atoms with Gasteiger partial charge in [-0.25, -0.2) is 5.43 Å². The van der Waals surface area contributed by atoms with Gasteiger partial charge in [0.05, 0.1) is 23.8 Å². The van der Waals surface area contributed by atoms with Crippen LogP contribution in [-0.4, -0.2) is 30.8 Å². The van der Waals surface area contributed by atoms with Crippen molar-refractivity contribution in [2.24, 2.45) is 5.10 Å². The van der Waals surface area contributed by atoms with Crippen LogP contribution in [0.5, 0.6) is 23.0 Å². The lowest BCUT2D eigenvalue weighted by atomic mass is 10.1. The molecule has 38 heavy (non-hydrogen) atoms. The monoisotopic (exact) mass is 549 g/mol. The molecule has 3 rings (SSSR count). The van der Waals surface area contributed by atoms with E-state index in [4.69, 9.17) is 25.8 Å². The predicted molar refractivity (Wildman–Crippen MR) is 133 cm³/mol. The highest BCUT2D eigenvalue weighted by Gasteiger charge is 2.33. The smallest absolute Gasteiger partial charge is 0.416 e. The number of halogens is 4. The number of methoxy groups -OCH3 is 1. The van der Waals surface area contributed by atoms with Crippen LogP contribution in [0.2, 0.25) is 5.02 Å². The van der Waals surface area contributed by atoms with E-state index >= 15 is 0 Å². The van der Waals surface area contributed by atoms with Gasteiger partial charge in [0.1, 0.15) is 12.4 Å². The van der Waals surface area contributed by atoms with Crippen LogP contribution < -0.4 is 19.6 Å². The summed E-state index contributed by atoms with van der Waals surface area (Å²) in [4.78, 5) is 22.9. The van der Waals surface area contributed by atoms with Crippen molar-refractivity contribution < 1.29 is 37.1 Å². The van der Waals surface area contributed by atoms with Crippen LogP contribution in [0.25, 0.3) is 0 Å². The van der Waals surface area contributed by atoms with Crippen LogP contribution in [0.3, 0.4) is 0 Å². The molecule has 9 nitrogen and oxygen atoms in total. The van der Waals surface area contributed by atoms with Crippen molar-refractivity contribution in [1.82, 2.24) is 5.43 Å². The molecule has 0 saturated heterocycles. The largest absolute Gasteiger partial charge is 0.493 e. The van der Waals surface area contributed by atoms with Gasteiger partial charge >= 0.3 is 11.9 Å². The Morgan fingerprint density at radius 2 is 1.82 bits per heavy atom. The van der Waals surface area contributed by atoms with Crippen molar-refractivity contribution in [2.75, 3.05) is 13.7 Å². The predicted octanol–water partition coefficient (Wildman–Crippen LogP) is 6.40. The number of alkyl halides is 3. The fourth-order valence-electron chi connectivity index (χ4n) is 3.06. The summed E-state index contributed by atoms with van der Waals surface area (Å²) in [5.74, 6) is -0.328. The summed E-state index contributed by atoms with van der Waals surface area (Å²) in [6.07, 6.45) is -2.06. The van der Waals surface area contributed by atoms with E-state index in [0.717, 1.165) is 12.3 Å². The molecule has 0 aliphatic rings. The molecule has 1 amide bonds. The van der Waals surface area contributed by atoms with Gasteiger partial charge in [0, 0.05) is 22.2 Å². The zero-order chi connectivity index (χ0) is 27.9. The van der Waals surface area contributed by atoms with Gasteiger partial charge in [0.2, 0.25) is 5.75 Å². The number of hydrazone groups is 1. The van der Waals surface area contributed by atoms with E-state index in [-0.39, 0.29) is 28.5 Å². The number of rotatable bonds is 10. The van der Waals surface area contributed by atoms with Crippen molar-refractivity contribution in [2.45, 2.75) is 6.18 Å². The number of carbonyl (C=O) groups is 1. The van der Waals surface area contributed by atoms with Crippen molar-refractivity contribution in [3.05, 3.63) is 99.1 Å². The summed E-state index contributed by atoms with van der Waals surface area (Å²) in [5, 5.41) is 15.5. The first-order chi connectivity index (χ1) is 18.0. The number of nitro benzene ring substituents is 1. The first-order valence-electron chi connectivity index (χ1n) is 10.6. The van der Waals surface area contributed by atoms with Gasteiger partial charge in [0.25, 0.3) is 5.91 Å². The molecule has 3 aromatic carbocycles. The van der Waals surface area contributed by atoms with Gasteiger partial charge < -0.3 is 14.2 Å². The fourth-order valence-corrected chi connectivity index (χ4v) is 3.24. The minimum atomic E-state index is -4.78. The molecule has 13 heteroatoms. The van der Waals surface area contributed by atoms with Crippen LogP contribution in [0.15, 0.2) is 72.4 Å². The van der Waals surface area contributed by atoms with Crippen LogP contribution in [0, 0.1) is 10.1 Å². The minimum Gasteiger partial charge on any atom is -0.493 e. The average molecular weight is 550 g/mol. The molecule has 0 aliphatic carbocycles. The van der Waals surface area contributed by atoms with Gasteiger partial charge in [-0.2, -0.15) is 18.3 Å². The highest BCUT2D eigenvalue weighted by atomic mass is 35.5. The number of ether oxygens (including phenoxy) is 3. The summed E-state index contributed by atoms with van der Waals surface area (Å²) >= 11 is 6.02. The molecule has 0 aromatic heterocycles. The number of nitro groups is 1. The minimum absolute atomic E-state index is 0.0133. The number of carbonyl (C=O) groups excluding carboxylic acids is 1. The van der Waals surface area contributed by atoms with Gasteiger partial charge in [-0.15, -0.1) is 0 Å². The van der Waals surface area contributed by atoms with Crippen LogP contribution in [0.4, 0.5) is 18.9 Å². The second-order valence-corrected chi connectivity index (χ2v) is 7.82.